The van der Waals surface area contributed by atoms with E-state index in [9.17, 15) is 4.79 Å². The van der Waals surface area contributed by atoms with Crippen molar-refractivity contribution in [3.63, 3.8) is 0 Å². The Hall–Kier alpha value is -3.21. The average Bonchev–Trinajstić information content (AvgIpc) is 2.67. The minimum atomic E-state index is -0.668. The van der Waals surface area contributed by atoms with Crippen LogP contribution in [0, 0.1) is 6.92 Å². The molecule has 27 heavy (non-hydrogen) atoms. The van der Waals surface area contributed by atoms with Crippen LogP contribution in [0.2, 0.25) is 0 Å². The summed E-state index contributed by atoms with van der Waals surface area (Å²) in [5.74, 6) is 1.76. The molecule has 1 N–H and O–H groups in total. The van der Waals surface area contributed by atoms with Gasteiger partial charge >= 0.3 is 0 Å². The highest BCUT2D eigenvalue weighted by molar-refractivity contribution is 5.95. The van der Waals surface area contributed by atoms with E-state index < -0.39 is 6.10 Å². The molecular weight excluding hydrogens is 342 g/mol. The second kappa shape index (κ2) is 7.99. The summed E-state index contributed by atoms with van der Waals surface area (Å²) in [7, 11) is 3.21. The van der Waals surface area contributed by atoms with E-state index in [1.54, 1.807) is 21.1 Å². The maximum atomic E-state index is 12.5. The number of carbonyl (C=O) groups is 1. The van der Waals surface area contributed by atoms with Gasteiger partial charge in [-0.15, -0.1) is 0 Å². The molecule has 5 heteroatoms. The van der Waals surface area contributed by atoms with Gasteiger partial charge in [0.25, 0.3) is 5.91 Å². The molecule has 3 aromatic rings. The van der Waals surface area contributed by atoms with E-state index in [0.717, 1.165) is 22.1 Å². The summed E-state index contributed by atoms with van der Waals surface area (Å²) in [6, 6.07) is 17.2. The fourth-order valence-corrected chi connectivity index (χ4v) is 2.81. The molecule has 0 saturated carbocycles. The first-order chi connectivity index (χ1) is 13.0. The van der Waals surface area contributed by atoms with Crippen molar-refractivity contribution in [2.24, 2.45) is 0 Å². The number of hydrogen-bond donors (Lipinski definition) is 1. The van der Waals surface area contributed by atoms with Gasteiger partial charge in [0, 0.05) is 0 Å². The Morgan fingerprint density at radius 2 is 1.59 bits per heavy atom. The van der Waals surface area contributed by atoms with E-state index >= 15 is 0 Å². The first kappa shape index (κ1) is 18.6. The molecule has 0 bridgehead atoms. The van der Waals surface area contributed by atoms with Gasteiger partial charge in [0.1, 0.15) is 17.2 Å². The van der Waals surface area contributed by atoms with Gasteiger partial charge < -0.3 is 19.5 Å². The Bertz CT molecular complexity index is 968. The first-order valence-corrected chi connectivity index (χ1v) is 8.70. The van der Waals surface area contributed by atoms with Crippen LogP contribution in [0.15, 0.2) is 54.6 Å². The smallest absolute Gasteiger partial charge is 0.265 e. The zero-order chi connectivity index (χ0) is 19.4. The number of methoxy groups -OCH3 is 2. The third kappa shape index (κ3) is 4.31. The molecule has 0 radical (unpaired) electrons. The monoisotopic (exact) mass is 365 g/mol. The fraction of sp³-hybridized carbons (Fsp3) is 0.227. The quantitative estimate of drug-likeness (QED) is 0.695. The number of fused-ring (bicyclic) bond motifs is 1. The number of aryl methyl sites for hydroxylation is 1. The Kier molecular flexibility index (Phi) is 5.50. The number of rotatable bonds is 6. The summed E-state index contributed by atoms with van der Waals surface area (Å²) in [6.07, 6.45) is -0.668. The molecular formula is C22H23NO4. The van der Waals surface area contributed by atoms with Crippen LogP contribution < -0.4 is 19.5 Å². The Balaban J connectivity index is 1.74. The lowest BCUT2D eigenvalue weighted by Crippen LogP contribution is -2.30. The zero-order valence-electron chi connectivity index (χ0n) is 15.9. The molecule has 1 amide bonds. The molecule has 3 rings (SSSR count). The molecule has 5 nitrogen and oxygen atoms in total. The van der Waals surface area contributed by atoms with Gasteiger partial charge in [0.2, 0.25) is 0 Å². The lowest BCUT2D eigenvalue weighted by Gasteiger charge is -2.17. The molecule has 140 valence electrons. The Labute approximate surface area is 158 Å². The second-order valence-corrected chi connectivity index (χ2v) is 6.33. The van der Waals surface area contributed by atoms with Crippen LogP contribution in [0.5, 0.6) is 17.2 Å². The second-order valence-electron chi connectivity index (χ2n) is 6.33. The lowest BCUT2D eigenvalue weighted by molar-refractivity contribution is -0.122. The largest absolute Gasteiger partial charge is 0.497 e. The minimum Gasteiger partial charge on any atom is -0.497 e. The van der Waals surface area contributed by atoms with E-state index in [0.29, 0.717) is 17.2 Å². The van der Waals surface area contributed by atoms with Gasteiger partial charge in [-0.1, -0.05) is 18.2 Å². The van der Waals surface area contributed by atoms with Crippen molar-refractivity contribution < 1.29 is 19.0 Å². The minimum absolute atomic E-state index is 0.246. The van der Waals surface area contributed by atoms with Gasteiger partial charge in [0.15, 0.2) is 6.10 Å². The summed E-state index contributed by atoms with van der Waals surface area (Å²) >= 11 is 0. The van der Waals surface area contributed by atoms with Crippen LogP contribution in [0.1, 0.15) is 12.5 Å². The van der Waals surface area contributed by atoms with Gasteiger partial charge in [0.05, 0.1) is 19.9 Å². The van der Waals surface area contributed by atoms with Crippen LogP contribution >= 0.6 is 0 Å². The van der Waals surface area contributed by atoms with Crippen molar-refractivity contribution in [3.05, 3.63) is 60.2 Å². The maximum absolute atomic E-state index is 12.5. The molecule has 3 aromatic carbocycles. The topological polar surface area (TPSA) is 56.8 Å². The number of nitrogens with one attached hydrogen (secondary N) is 1. The molecule has 0 aliphatic rings. The predicted octanol–water partition coefficient (Wildman–Crippen LogP) is 4.57. The molecule has 0 aliphatic carbocycles. The van der Waals surface area contributed by atoms with Gasteiger partial charge in [-0.2, -0.15) is 0 Å². The average molecular weight is 365 g/mol. The highest BCUT2D eigenvalue weighted by Crippen LogP contribution is 2.27. The third-order valence-corrected chi connectivity index (χ3v) is 4.31. The number of amides is 1. The summed E-state index contributed by atoms with van der Waals surface area (Å²) in [5, 5.41) is 4.93. The number of benzene rings is 3. The SMILES string of the molecule is COc1ccc2ccc(O[C@H](C)C(=O)Nc3cc(C)ccc3OC)cc2c1. The van der Waals surface area contributed by atoms with Crippen molar-refractivity contribution in [3.8, 4) is 17.2 Å². The summed E-state index contributed by atoms with van der Waals surface area (Å²) in [6.45, 7) is 3.67. The Morgan fingerprint density at radius 3 is 2.30 bits per heavy atom. The molecule has 0 unspecified atom stereocenters. The van der Waals surface area contributed by atoms with Crippen molar-refractivity contribution in [2.75, 3.05) is 19.5 Å². The zero-order valence-corrected chi connectivity index (χ0v) is 15.9. The van der Waals surface area contributed by atoms with Crippen molar-refractivity contribution >= 4 is 22.4 Å². The molecule has 0 saturated heterocycles. The maximum Gasteiger partial charge on any atom is 0.265 e. The van der Waals surface area contributed by atoms with Crippen molar-refractivity contribution in [1.82, 2.24) is 0 Å². The molecule has 0 spiro atoms. The predicted molar refractivity (Wildman–Crippen MR) is 107 cm³/mol. The molecule has 0 fully saturated rings. The summed E-state index contributed by atoms with van der Waals surface area (Å²) < 4.78 is 16.4. The molecule has 0 aromatic heterocycles. The normalized spacial score (nSPS) is 11.7. The van der Waals surface area contributed by atoms with E-state index in [1.165, 1.54) is 0 Å². The number of anilines is 1. The van der Waals surface area contributed by atoms with E-state index in [4.69, 9.17) is 14.2 Å². The van der Waals surface area contributed by atoms with E-state index in [2.05, 4.69) is 5.32 Å². The molecule has 0 aliphatic heterocycles. The van der Waals surface area contributed by atoms with Gasteiger partial charge in [-0.3, -0.25) is 4.79 Å². The summed E-state index contributed by atoms with van der Waals surface area (Å²) in [5.41, 5.74) is 1.66. The van der Waals surface area contributed by atoms with Crippen LogP contribution in [0.3, 0.4) is 0 Å². The van der Waals surface area contributed by atoms with Crippen molar-refractivity contribution in [2.45, 2.75) is 20.0 Å². The standard InChI is InChI=1S/C22H23NO4/c1-14-5-10-21(26-4)20(11-14)23-22(24)15(2)27-19-9-7-16-6-8-18(25-3)12-17(16)13-19/h5-13,15H,1-4H3,(H,23,24)/t15-/m1/s1. The molecule has 0 heterocycles. The van der Waals surface area contributed by atoms with E-state index in [1.807, 2.05) is 61.5 Å². The highest BCUT2D eigenvalue weighted by Gasteiger charge is 2.17. The van der Waals surface area contributed by atoms with Gasteiger partial charge in [-0.05, 0) is 66.6 Å². The third-order valence-electron chi connectivity index (χ3n) is 4.31. The number of carbonyl (C=O) groups excluding carboxylic acids is 1. The van der Waals surface area contributed by atoms with Gasteiger partial charge in [-0.25, -0.2) is 0 Å². The van der Waals surface area contributed by atoms with Crippen molar-refractivity contribution in [1.29, 1.82) is 0 Å². The highest BCUT2D eigenvalue weighted by atomic mass is 16.5. The summed E-state index contributed by atoms with van der Waals surface area (Å²) in [4.78, 5) is 12.5. The van der Waals surface area contributed by atoms with Crippen LogP contribution in [-0.4, -0.2) is 26.2 Å². The first-order valence-electron chi connectivity index (χ1n) is 8.70. The van der Waals surface area contributed by atoms with Crippen LogP contribution in [0.25, 0.3) is 10.8 Å². The van der Waals surface area contributed by atoms with Crippen LogP contribution in [0.4, 0.5) is 5.69 Å². The molecule has 1 atom stereocenters. The van der Waals surface area contributed by atoms with E-state index in [-0.39, 0.29) is 5.91 Å². The van der Waals surface area contributed by atoms with Crippen LogP contribution in [-0.2, 0) is 4.79 Å². The lowest BCUT2D eigenvalue weighted by atomic mass is 10.1. The number of ether oxygens (including phenoxy) is 3. The fourth-order valence-electron chi connectivity index (χ4n) is 2.81. The Morgan fingerprint density at radius 1 is 0.889 bits per heavy atom. The number of hydrogen-bond acceptors (Lipinski definition) is 4.